The molecule has 104 valence electrons. The van der Waals surface area contributed by atoms with Crippen LogP contribution in [0.5, 0.6) is 0 Å². The van der Waals surface area contributed by atoms with E-state index in [0.717, 1.165) is 10.8 Å². The van der Waals surface area contributed by atoms with Crippen LogP contribution in [0.1, 0.15) is 23.7 Å². The van der Waals surface area contributed by atoms with E-state index in [1.54, 1.807) is 13.0 Å². The number of Topliss-reactive ketones (excluding diaryl/α,β-unsaturated/α-hetero) is 1. The van der Waals surface area contributed by atoms with Crippen LogP contribution in [0.15, 0.2) is 42.5 Å². The molecular formula is C16H17NO3. The number of benzene rings is 2. The maximum Gasteiger partial charge on any atom is 0.227 e. The molecule has 0 aromatic heterocycles. The Morgan fingerprint density at radius 1 is 1.15 bits per heavy atom. The third-order valence-corrected chi connectivity index (χ3v) is 3.01. The SMILES string of the molecule is CC(O)CNC(=O)CC(=O)c1cccc2ccccc12. The van der Waals surface area contributed by atoms with Crippen molar-refractivity contribution in [1.29, 1.82) is 0 Å². The average Bonchev–Trinajstić information content (AvgIpc) is 2.44. The number of aliphatic hydroxyl groups is 1. The Labute approximate surface area is 117 Å². The van der Waals surface area contributed by atoms with Gasteiger partial charge in [0.25, 0.3) is 0 Å². The van der Waals surface area contributed by atoms with E-state index >= 15 is 0 Å². The fourth-order valence-corrected chi connectivity index (χ4v) is 2.03. The van der Waals surface area contributed by atoms with Crippen molar-refractivity contribution in [2.24, 2.45) is 0 Å². The summed E-state index contributed by atoms with van der Waals surface area (Å²) in [4.78, 5) is 23.8. The van der Waals surface area contributed by atoms with Gasteiger partial charge in [-0.3, -0.25) is 9.59 Å². The fourth-order valence-electron chi connectivity index (χ4n) is 2.03. The Bertz CT molecular complexity index is 629. The van der Waals surface area contributed by atoms with Crippen molar-refractivity contribution < 1.29 is 14.7 Å². The minimum absolute atomic E-state index is 0.154. The molecule has 1 atom stereocenters. The third-order valence-electron chi connectivity index (χ3n) is 3.01. The minimum Gasteiger partial charge on any atom is -0.392 e. The van der Waals surface area contributed by atoms with Crippen LogP contribution in [0.3, 0.4) is 0 Å². The van der Waals surface area contributed by atoms with Crippen LogP contribution in [-0.2, 0) is 4.79 Å². The highest BCUT2D eigenvalue weighted by Crippen LogP contribution is 2.19. The number of nitrogens with one attached hydrogen (secondary N) is 1. The summed E-state index contributed by atoms with van der Waals surface area (Å²) in [7, 11) is 0. The molecule has 0 saturated heterocycles. The third kappa shape index (κ3) is 3.42. The van der Waals surface area contributed by atoms with E-state index < -0.39 is 6.10 Å². The number of carbonyl (C=O) groups excluding carboxylic acids is 2. The zero-order valence-corrected chi connectivity index (χ0v) is 11.3. The lowest BCUT2D eigenvalue weighted by Crippen LogP contribution is -2.31. The number of hydrogen-bond donors (Lipinski definition) is 2. The summed E-state index contributed by atoms with van der Waals surface area (Å²) >= 11 is 0. The molecule has 0 aliphatic rings. The van der Waals surface area contributed by atoms with E-state index in [9.17, 15) is 9.59 Å². The quantitative estimate of drug-likeness (QED) is 0.645. The molecule has 2 rings (SSSR count). The second kappa shape index (κ2) is 6.30. The number of amides is 1. The first-order valence-corrected chi connectivity index (χ1v) is 6.53. The Morgan fingerprint density at radius 3 is 2.60 bits per heavy atom. The standard InChI is InChI=1S/C16H17NO3/c1-11(18)10-17-16(20)9-15(19)14-8-4-6-12-5-2-3-7-13(12)14/h2-8,11,18H,9-10H2,1H3,(H,17,20). The lowest BCUT2D eigenvalue weighted by Gasteiger charge is -2.08. The zero-order valence-electron chi connectivity index (χ0n) is 11.3. The van der Waals surface area contributed by atoms with Gasteiger partial charge in [0, 0.05) is 12.1 Å². The molecule has 0 saturated carbocycles. The summed E-state index contributed by atoms with van der Waals surface area (Å²) in [6.45, 7) is 1.73. The van der Waals surface area contributed by atoms with Crippen LogP contribution in [0.4, 0.5) is 0 Å². The number of fused-ring (bicyclic) bond motifs is 1. The van der Waals surface area contributed by atoms with Crippen molar-refractivity contribution in [1.82, 2.24) is 5.32 Å². The lowest BCUT2D eigenvalue weighted by atomic mass is 10.00. The predicted octanol–water partition coefficient (Wildman–Crippen LogP) is 1.91. The number of ketones is 1. The predicted molar refractivity (Wildman–Crippen MR) is 77.6 cm³/mol. The largest absolute Gasteiger partial charge is 0.392 e. The molecule has 4 heteroatoms. The number of aliphatic hydroxyl groups excluding tert-OH is 1. The van der Waals surface area contributed by atoms with Gasteiger partial charge in [-0.05, 0) is 17.7 Å². The minimum atomic E-state index is -0.619. The van der Waals surface area contributed by atoms with Gasteiger partial charge < -0.3 is 10.4 Å². The molecule has 0 spiro atoms. The Kier molecular flexibility index (Phi) is 4.48. The van der Waals surface area contributed by atoms with Crippen molar-refractivity contribution in [2.45, 2.75) is 19.4 Å². The molecule has 0 aliphatic heterocycles. The normalized spacial score (nSPS) is 12.1. The summed E-state index contributed by atoms with van der Waals surface area (Å²) < 4.78 is 0. The molecule has 0 bridgehead atoms. The van der Waals surface area contributed by atoms with Crippen molar-refractivity contribution >= 4 is 22.5 Å². The van der Waals surface area contributed by atoms with Crippen LogP contribution < -0.4 is 5.32 Å². The monoisotopic (exact) mass is 271 g/mol. The first-order chi connectivity index (χ1) is 9.58. The van der Waals surface area contributed by atoms with Gasteiger partial charge >= 0.3 is 0 Å². The van der Waals surface area contributed by atoms with Gasteiger partial charge in [-0.15, -0.1) is 0 Å². The highest BCUT2D eigenvalue weighted by molar-refractivity contribution is 6.14. The number of carbonyl (C=O) groups is 2. The van der Waals surface area contributed by atoms with Gasteiger partial charge in [0.2, 0.25) is 5.91 Å². The van der Waals surface area contributed by atoms with Gasteiger partial charge in [-0.25, -0.2) is 0 Å². The van der Waals surface area contributed by atoms with E-state index in [-0.39, 0.29) is 24.7 Å². The van der Waals surface area contributed by atoms with E-state index in [2.05, 4.69) is 5.32 Å². The van der Waals surface area contributed by atoms with Crippen molar-refractivity contribution in [3.63, 3.8) is 0 Å². The summed E-state index contributed by atoms with van der Waals surface area (Å²) in [5.74, 6) is -0.589. The van der Waals surface area contributed by atoms with Crippen molar-refractivity contribution in [3.05, 3.63) is 48.0 Å². The molecule has 1 unspecified atom stereocenters. The van der Waals surface area contributed by atoms with Gasteiger partial charge in [0.15, 0.2) is 5.78 Å². The van der Waals surface area contributed by atoms with Crippen molar-refractivity contribution in [3.8, 4) is 0 Å². The molecule has 0 radical (unpaired) electrons. The van der Waals surface area contributed by atoms with E-state index in [1.807, 2.05) is 36.4 Å². The van der Waals surface area contributed by atoms with Crippen LogP contribution in [-0.4, -0.2) is 29.4 Å². The highest BCUT2D eigenvalue weighted by Gasteiger charge is 2.14. The summed E-state index contributed by atoms with van der Waals surface area (Å²) in [6.07, 6.45) is -0.826. The zero-order chi connectivity index (χ0) is 14.5. The Hall–Kier alpha value is -2.20. The molecule has 2 aromatic carbocycles. The molecule has 20 heavy (non-hydrogen) atoms. The molecule has 0 aliphatic carbocycles. The average molecular weight is 271 g/mol. The van der Waals surface area contributed by atoms with Crippen LogP contribution in [0.25, 0.3) is 10.8 Å². The molecule has 0 fully saturated rings. The molecule has 0 heterocycles. The number of rotatable bonds is 5. The summed E-state index contributed by atoms with van der Waals surface area (Å²) in [5.41, 5.74) is 0.551. The van der Waals surface area contributed by atoms with Gasteiger partial charge in [0.1, 0.15) is 0 Å². The first-order valence-electron chi connectivity index (χ1n) is 6.53. The Morgan fingerprint density at radius 2 is 1.85 bits per heavy atom. The van der Waals surface area contributed by atoms with Gasteiger partial charge in [0.05, 0.1) is 12.5 Å². The summed E-state index contributed by atoms with van der Waals surface area (Å²) in [5, 5.41) is 13.4. The second-order valence-electron chi connectivity index (χ2n) is 4.78. The molecule has 4 nitrogen and oxygen atoms in total. The fraction of sp³-hybridized carbons (Fsp3) is 0.250. The lowest BCUT2D eigenvalue weighted by molar-refractivity contribution is -0.120. The van der Waals surface area contributed by atoms with E-state index in [1.165, 1.54) is 0 Å². The van der Waals surface area contributed by atoms with Crippen LogP contribution >= 0.6 is 0 Å². The molecule has 2 aromatic rings. The second-order valence-corrected chi connectivity index (χ2v) is 4.78. The first kappa shape index (κ1) is 14.2. The van der Waals surface area contributed by atoms with Crippen molar-refractivity contribution in [2.75, 3.05) is 6.54 Å². The van der Waals surface area contributed by atoms with Gasteiger partial charge in [-0.2, -0.15) is 0 Å². The molecule has 2 N–H and O–H groups in total. The van der Waals surface area contributed by atoms with E-state index in [0.29, 0.717) is 5.56 Å². The molecule has 1 amide bonds. The van der Waals surface area contributed by atoms with E-state index in [4.69, 9.17) is 5.11 Å². The maximum atomic E-state index is 12.2. The Balaban J connectivity index is 2.14. The maximum absolute atomic E-state index is 12.2. The molecular weight excluding hydrogens is 254 g/mol. The van der Waals surface area contributed by atoms with Gasteiger partial charge in [-0.1, -0.05) is 42.5 Å². The van der Waals surface area contributed by atoms with Crippen LogP contribution in [0.2, 0.25) is 0 Å². The van der Waals surface area contributed by atoms with Crippen LogP contribution in [0, 0.1) is 0 Å². The topological polar surface area (TPSA) is 66.4 Å². The smallest absolute Gasteiger partial charge is 0.227 e. The summed E-state index contributed by atoms with van der Waals surface area (Å²) in [6, 6.07) is 13.0. The highest BCUT2D eigenvalue weighted by atomic mass is 16.3. The number of hydrogen-bond acceptors (Lipinski definition) is 3.